The van der Waals surface area contributed by atoms with Gasteiger partial charge in [0.15, 0.2) is 0 Å². The molecule has 0 saturated heterocycles. The van der Waals surface area contributed by atoms with E-state index in [9.17, 15) is 17.6 Å². The lowest BCUT2D eigenvalue weighted by Crippen LogP contribution is -2.30. The second kappa shape index (κ2) is 10.0. The van der Waals surface area contributed by atoms with E-state index in [1.807, 2.05) is 0 Å². The number of hydrogen-bond acceptors (Lipinski definition) is 3. The van der Waals surface area contributed by atoms with Crippen LogP contribution in [0.4, 0.5) is 4.39 Å². The van der Waals surface area contributed by atoms with Crippen LogP contribution < -0.4 is 4.72 Å². The molecule has 1 unspecified atom stereocenters. The standard InChI is InChI=1S/C23H21ClFNO4S/c24-18-12-14-19(15-13-18)31(29,30)26-23(20-5-1-2-6-21(20)25)17-10-8-16(9-11-17)4-3-7-22(27)28/h1-2,5-6,8-15,23,26H,3-4,7H2,(H,27,28). The van der Waals surface area contributed by atoms with E-state index in [2.05, 4.69) is 4.72 Å². The molecule has 5 nitrogen and oxygen atoms in total. The molecular weight excluding hydrogens is 441 g/mol. The molecule has 3 aromatic rings. The molecule has 3 rings (SSSR count). The summed E-state index contributed by atoms with van der Waals surface area (Å²) in [6.07, 6.45) is 1.14. The Hall–Kier alpha value is -2.74. The Kier molecular flexibility index (Phi) is 7.43. The summed E-state index contributed by atoms with van der Waals surface area (Å²) in [5.74, 6) is -1.38. The second-order valence-electron chi connectivity index (χ2n) is 7.02. The summed E-state index contributed by atoms with van der Waals surface area (Å²) in [6.45, 7) is 0. The van der Waals surface area contributed by atoms with Gasteiger partial charge in [-0.15, -0.1) is 0 Å². The number of aliphatic carboxylic acids is 1. The van der Waals surface area contributed by atoms with Gasteiger partial charge in [-0.3, -0.25) is 4.79 Å². The van der Waals surface area contributed by atoms with Crippen LogP contribution in [0.2, 0.25) is 5.02 Å². The monoisotopic (exact) mass is 461 g/mol. The lowest BCUT2D eigenvalue weighted by molar-refractivity contribution is -0.137. The zero-order valence-corrected chi connectivity index (χ0v) is 18.0. The van der Waals surface area contributed by atoms with E-state index in [0.29, 0.717) is 23.4 Å². The van der Waals surface area contributed by atoms with Crippen molar-refractivity contribution in [2.45, 2.75) is 30.2 Å². The molecule has 0 bridgehead atoms. The van der Waals surface area contributed by atoms with Crippen molar-refractivity contribution in [3.05, 3.63) is 100 Å². The van der Waals surface area contributed by atoms with Gasteiger partial charge < -0.3 is 5.11 Å². The molecule has 31 heavy (non-hydrogen) atoms. The fourth-order valence-electron chi connectivity index (χ4n) is 3.18. The first-order chi connectivity index (χ1) is 14.8. The molecule has 0 aliphatic rings. The molecule has 8 heteroatoms. The van der Waals surface area contributed by atoms with Crippen molar-refractivity contribution in [1.82, 2.24) is 4.72 Å². The fraction of sp³-hybridized carbons (Fsp3) is 0.174. The van der Waals surface area contributed by atoms with Crippen LogP contribution in [0.5, 0.6) is 0 Å². The van der Waals surface area contributed by atoms with E-state index in [-0.39, 0.29) is 16.9 Å². The average Bonchev–Trinajstić information content (AvgIpc) is 2.73. The number of carbonyl (C=O) groups is 1. The Labute approximate surface area is 185 Å². The van der Waals surface area contributed by atoms with E-state index >= 15 is 0 Å². The molecule has 0 radical (unpaired) electrons. The van der Waals surface area contributed by atoms with E-state index in [4.69, 9.17) is 16.7 Å². The van der Waals surface area contributed by atoms with Crippen molar-refractivity contribution in [3.8, 4) is 0 Å². The molecule has 162 valence electrons. The van der Waals surface area contributed by atoms with Crippen LogP contribution >= 0.6 is 11.6 Å². The summed E-state index contributed by atoms with van der Waals surface area (Å²) in [4.78, 5) is 10.7. The highest BCUT2D eigenvalue weighted by molar-refractivity contribution is 7.89. The van der Waals surface area contributed by atoms with Crippen molar-refractivity contribution in [2.75, 3.05) is 0 Å². The third-order valence-corrected chi connectivity index (χ3v) is 6.47. The summed E-state index contributed by atoms with van der Waals surface area (Å²) in [7, 11) is -3.96. The number of carboxylic acids is 1. The molecule has 0 spiro atoms. The van der Waals surface area contributed by atoms with Crippen LogP contribution in [0.1, 0.15) is 35.6 Å². The average molecular weight is 462 g/mol. The lowest BCUT2D eigenvalue weighted by atomic mass is 9.97. The maximum atomic E-state index is 14.6. The molecular formula is C23H21ClFNO4S. The number of hydrogen-bond donors (Lipinski definition) is 2. The van der Waals surface area contributed by atoms with Crippen molar-refractivity contribution < 1.29 is 22.7 Å². The van der Waals surface area contributed by atoms with E-state index in [1.54, 1.807) is 30.3 Å². The largest absolute Gasteiger partial charge is 0.481 e. The van der Waals surface area contributed by atoms with E-state index in [1.165, 1.54) is 42.5 Å². The summed E-state index contributed by atoms with van der Waals surface area (Å²) >= 11 is 5.85. The van der Waals surface area contributed by atoms with Gasteiger partial charge >= 0.3 is 5.97 Å². The molecule has 3 aromatic carbocycles. The van der Waals surface area contributed by atoms with Gasteiger partial charge in [0.1, 0.15) is 5.82 Å². The highest BCUT2D eigenvalue weighted by Gasteiger charge is 2.25. The zero-order chi connectivity index (χ0) is 22.4. The predicted molar refractivity (Wildman–Crippen MR) is 117 cm³/mol. The molecule has 2 N–H and O–H groups in total. The quantitative estimate of drug-likeness (QED) is 0.472. The maximum absolute atomic E-state index is 14.6. The minimum atomic E-state index is -3.96. The highest BCUT2D eigenvalue weighted by Crippen LogP contribution is 2.27. The number of aryl methyl sites for hydroxylation is 1. The van der Waals surface area contributed by atoms with Crippen molar-refractivity contribution in [2.24, 2.45) is 0 Å². The van der Waals surface area contributed by atoms with Gasteiger partial charge in [-0.2, -0.15) is 4.72 Å². The molecule has 0 aromatic heterocycles. The third-order valence-electron chi connectivity index (χ3n) is 4.78. The smallest absolute Gasteiger partial charge is 0.303 e. The van der Waals surface area contributed by atoms with Crippen molar-refractivity contribution >= 4 is 27.6 Å². The molecule has 0 heterocycles. The van der Waals surface area contributed by atoms with Gasteiger partial charge in [0, 0.05) is 17.0 Å². The highest BCUT2D eigenvalue weighted by atomic mass is 35.5. The van der Waals surface area contributed by atoms with Gasteiger partial charge in [-0.25, -0.2) is 12.8 Å². The van der Waals surface area contributed by atoms with Gasteiger partial charge in [-0.1, -0.05) is 54.1 Å². The van der Waals surface area contributed by atoms with Crippen LogP contribution in [-0.2, 0) is 21.2 Å². The predicted octanol–water partition coefficient (Wildman–Crippen LogP) is 4.95. The third kappa shape index (κ3) is 6.13. The topological polar surface area (TPSA) is 83.5 Å². The summed E-state index contributed by atoms with van der Waals surface area (Å²) < 4.78 is 43.1. The normalized spacial score (nSPS) is 12.5. The van der Waals surface area contributed by atoms with Crippen LogP contribution in [0.3, 0.4) is 0 Å². The van der Waals surface area contributed by atoms with E-state index < -0.39 is 27.9 Å². The summed E-state index contributed by atoms with van der Waals surface area (Å²) in [5, 5.41) is 9.18. The van der Waals surface area contributed by atoms with Crippen LogP contribution in [0.25, 0.3) is 0 Å². The van der Waals surface area contributed by atoms with E-state index in [0.717, 1.165) is 5.56 Å². The van der Waals surface area contributed by atoms with Gasteiger partial charge in [0.05, 0.1) is 10.9 Å². The molecule has 1 atom stereocenters. The number of nitrogens with one attached hydrogen (secondary N) is 1. The van der Waals surface area contributed by atoms with Crippen LogP contribution in [0, 0.1) is 5.82 Å². The first kappa shape index (κ1) is 22.9. The molecule has 0 fully saturated rings. The minimum Gasteiger partial charge on any atom is -0.481 e. The maximum Gasteiger partial charge on any atom is 0.303 e. The summed E-state index contributed by atoms with van der Waals surface area (Å²) in [5.41, 5.74) is 1.67. The Bertz CT molecular complexity index is 1150. The fourth-order valence-corrected chi connectivity index (χ4v) is 4.51. The lowest BCUT2D eigenvalue weighted by Gasteiger charge is -2.21. The molecule has 0 amide bonds. The van der Waals surface area contributed by atoms with Gasteiger partial charge in [-0.05, 0) is 54.3 Å². The Morgan fingerprint density at radius 3 is 2.26 bits per heavy atom. The number of carboxylic acid groups (broad SMARTS) is 1. The van der Waals surface area contributed by atoms with Crippen LogP contribution in [-0.4, -0.2) is 19.5 Å². The minimum absolute atomic E-state index is 0.0172. The van der Waals surface area contributed by atoms with Gasteiger partial charge in [0.2, 0.25) is 10.0 Å². The second-order valence-corrected chi connectivity index (χ2v) is 9.17. The number of halogens is 2. The number of rotatable bonds is 9. The SMILES string of the molecule is O=C(O)CCCc1ccc(C(NS(=O)(=O)c2ccc(Cl)cc2)c2ccccc2F)cc1. The zero-order valence-electron chi connectivity index (χ0n) is 16.5. The molecule has 0 aliphatic heterocycles. The Morgan fingerprint density at radius 1 is 1.00 bits per heavy atom. The summed E-state index contributed by atoms with van der Waals surface area (Å²) in [6, 6.07) is 17.8. The first-order valence-electron chi connectivity index (χ1n) is 9.59. The first-order valence-corrected chi connectivity index (χ1v) is 11.5. The van der Waals surface area contributed by atoms with Crippen LogP contribution in [0.15, 0.2) is 77.7 Å². The Morgan fingerprint density at radius 2 is 1.65 bits per heavy atom. The number of benzene rings is 3. The number of sulfonamides is 1. The van der Waals surface area contributed by atoms with Crippen molar-refractivity contribution in [1.29, 1.82) is 0 Å². The molecule has 0 aliphatic carbocycles. The van der Waals surface area contributed by atoms with Gasteiger partial charge in [0.25, 0.3) is 0 Å². The molecule has 0 saturated carbocycles. The Balaban J connectivity index is 1.91. The van der Waals surface area contributed by atoms with Crippen molar-refractivity contribution in [3.63, 3.8) is 0 Å².